The maximum atomic E-state index is 11.8. The highest BCUT2D eigenvalue weighted by Crippen LogP contribution is 2.27. The van der Waals surface area contributed by atoms with E-state index in [-0.39, 0.29) is 5.75 Å². The van der Waals surface area contributed by atoms with E-state index < -0.39 is 10.0 Å². The lowest BCUT2D eigenvalue weighted by Gasteiger charge is -2.10. The third kappa shape index (κ3) is 5.67. The second kappa shape index (κ2) is 7.57. The van der Waals surface area contributed by atoms with Crippen molar-refractivity contribution in [3.63, 3.8) is 0 Å². The summed E-state index contributed by atoms with van der Waals surface area (Å²) in [4.78, 5) is 0. The van der Waals surface area contributed by atoms with Gasteiger partial charge in [0, 0.05) is 6.54 Å². The normalized spacial score (nSPS) is 11.3. The molecule has 0 radical (unpaired) electrons. The summed E-state index contributed by atoms with van der Waals surface area (Å²) in [6.07, 6.45) is 0.974. The smallest absolute Gasteiger partial charge is 0.233 e. The van der Waals surface area contributed by atoms with Crippen LogP contribution in [0.25, 0.3) is 0 Å². The van der Waals surface area contributed by atoms with Crippen molar-refractivity contribution in [1.29, 1.82) is 0 Å². The van der Waals surface area contributed by atoms with Gasteiger partial charge >= 0.3 is 0 Å². The number of ether oxygens (including phenoxy) is 1. The predicted octanol–water partition coefficient (Wildman–Crippen LogP) is 2.09. The molecule has 0 amide bonds. The highest BCUT2D eigenvalue weighted by atomic mass is 35.5. The monoisotopic (exact) mass is 306 g/mol. The molecule has 0 spiro atoms. The number of hydrogen-bond acceptors (Lipinski definition) is 4. The van der Waals surface area contributed by atoms with Crippen molar-refractivity contribution < 1.29 is 13.2 Å². The molecule has 1 aromatic carbocycles. The molecular formula is C12H19ClN2O3S. The molecule has 0 atom stereocenters. The summed E-state index contributed by atoms with van der Waals surface area (Å²) in [6, 6.07) is 4.76. The van der Waals surface area contributed by atoms with E-state index in [0.717, 1.165) is 13.0 Å². The first-order valence-electron chi connectivity index (χ1n) is 6.03. The fraction of sp³-hybridized carbons (Fsp3) is 0.500. The van der Waals surface area contributed by atoms with Crippen LogP contribution in [-0.2, 0) is 10.0 Å². The highest BCUT2D eigenvalue weighted by molar-refractivity contribution is 7.92. The van der Waals surface area contributed by atoms with Crippen molar-refractivity contribution in [3.8, 4) is 5.75 Å². The Bertz CT molecular complexity index is 506. The van der Waals surface area contributed by atoms with Gasteiger partial charge in [-0.05, 0) is 31.2 Å². The van der Waals surface area contributed by atoms with Gasteiger partial charge in [0.2, 0.25) is 10.0 Å². The molecule has 0 saturated heterocycles. The molecule has 2 N–H and O–H groups in total. The Morgan fingerprint density at radius 3 is 2.63 bits per heavy atom. The quantitative estimate of drug-likeness (QED) is 0.722. The molecular weight excluding hydrogens is 288 g/mol. The van der Waals surface area contributed by atoms with Gasteiger partial charge in [-0.1, -0.05) is 18.5 Å². The van der Waals surface area contributed by atoms with Gasteiger partial charge in [-0.15, -0.1) is 0 Å². The van der Waals surface area contributed by atoms with Gasteiger partial charge in [0.1, 0.15) is 5.75 Å². The Hall–Kier alpha value is -0.980. The molecule has 0 bridgehead atoms. The Morgan fingerprint density at radius 1 is 1.32 bits per heavy atom. The van der Waals surface area contributed by atoms with E-state index in [1.165, 1.54) is 13.2 Å². The molecule has 0 heterocycles. The maximum absolute atomic E-state index is 11.8. The van der Waals surface area contributed by atoms with E-state index in [4.69, 9.17) is 16.3 Å². The lowest BCUT2D eigenvalue weighted by atomic mass is 10.3. The van der Waals surface area contributed by atoms with Crippen LogP contribution in [0, 0.1) is 0 Å². The molecule has 0 unspecified atom stereocenters. The SMILES string of the molecule is CCCNCCS(=O)(=O)Nc1ccc(OC)c(Cl)c1. The lowest BCUT2D eigenvalue weighted by Crippen LogP contribution is -2.27. The van der Waals surface area contributed by atoms with Crippen LogP contribution in [0.2, 0.25) is 5.02 Å². The fourth-order valence-electron chi connectivity index (χ4n) is 1.47. The number of sulfonamides is 1. The van der Waals surface area contributed by atoms with Crippen LogP contribution in [-0.4, -0.2) is 34.4 Å². The van der Waals surface area contributed by atoms with Crippen molar-refractivity contribution in [1.82, 2.24) is 5.32 Å². The van der Waals surface area contributed by atoms with Crippen molar-refractivity contribution in [3.05, 3.63) is 23.2 Å². The first-order chi connectivity index (χ1) is 8.98. The van der Waals surface area contributed by atoms with Gasteiger partial charge in [-0.25, -0.2) is 8.42 Å². The largest absolute Gasteiger partial charge is 0.495 e. The average molecular weight is 307 g/mol. The zero-order chi connectivity index (χ0) is 14.3. The second-order valence-electron chi connectivity index (χ2n) is 4.02. The lowest BCUT2D eigenvalue weighted by molar-refractivity contribution is 0.415. The Morgan fingerprint density at radius 2 is 2.05 bits per heavy atom. The van der Waals surface area contributed by atoms with Gasteiger partial charge < -0.3 is 10.1 Å². The van der Waals surface area contributed by atoms with Crippen LogP contribution in [0.4, 0.5) is 5.69 Å². The summed E-state index contributed by atoms with van der Waals surface area (Å²) < 4.78 is 31.1. The van der Waals surface area contributed by atoms with Crippen LogP contribution >= 0.6 is 11.6 Å². The summed E-state index contributed by atoms with van der Waals surface area (Å²) in [7, 11) is -1.86. The van der Waals surface area contributed by atoms with Gasteiger partial charge in [0.25, 0.3) is 0 Å². The van der Waals surface area contributed by atoms with E-state index in [0.29, 0.717) is 23.0 Å². The van der Waals surface area contributed by atoms with Crippen LogP contribution in [0.15, 0.2) is 18.2 Å². The van der Waals surface area contributed by atoms with E-state index >= 15 is 0 Å². The zero-order valence-corrected chi connectivity index (χ0v) is 12.6. The van der Waals surface area contributed by atoms with E-state index in [1.807, 2.05) is 6.92 Å². The standard InChI is InChI=1S/C12H19ClN2O3S/c1-3-6-14-7-8-19(16,17)15-10-4-5-12(18-2)11(13)9-10/h4-5,9,14-15H,3,6-8H2,1-2H3. The number of benzene rings is 1. The minimum atomic E-state index is -3.36. The summed E-state index contributed by atoms with van der Waals surface area (Å²) in [5, 5.41) is 3.41. The van der Waals surface area contributed by atoms with Gasteiger partial charge in [0.05, 0.1) is 23.6 Å². The predicted molar refractivity (Wildman–Crippen MR) is 78.6 cm³/mol. The third-order valence-electron chi connectivity index (χ3n) is 2.40. The summed E-state index contributed by atoms with van der Waals surface area (Å²) >= 11 is 5.93. The maximum Gasteiger partial charge on any atom is 0.233 e. The van der Waals surface area contributed by atoms with Crippen LogP contribution in [0.1, 0.15) is 13.3 Å². The van der Waals surface area contributed by atoms with Crippen LogP contribution in [0.3, 0.4) is 0 Å². The van der Waals surface area contributed by atoms with Crippen LogP contribution in [0.5, 0.6) is 5.75 Å². The molecule has 0 fully saturated rings. The van der Waals surface area contributed by atoms with E-state index in [1.54, 1.807) is 12.1 Å². The van der Waals surface area contributed by atoms with Crippen molar-refractivity contribution in [2.75, 3.05) is 30.7 Å². The molecule has 7 heteroatoms. The van der Waals surface area contributed by atoms with Gasteiger partial charge in [-0.2, -0.15) is 0 Å². The second-order valence-corrected chi connectivity index (χ2v) is 6.27. The first kappa shape index (κ1) is 16.1. The number of methoxy groups -OCH3 is 1. The Balaban J connectivity index is 2.60. The third-order valence-corrected chi connectivity index (χ3v) is 3.98. The van der Waals surface area contributed by atoms with Gasteiger partial charge in [0.15, 0.2) is 0 Å². The fourth-order valence-corrected chi connectivity index (χ4v) is 2.73. The minimum absolute atomic E-state index is 0.0245. The van der Waals surface area contributed by atoms with E-state index in [9.17, 15) is 8.42 Å². The molecule has 0 aromatic heterocycles. The first-order valence-corrected chi connectivity index (χ1v) is 8.06. The number of hydrogen-bond donors (Lipinski definition) is 2. The van der Waals surface area contributed by atoms with Crippen molar-refractivity contribution >= 4 is 27.3 Å². The average Bonchev–Trinajstić information content (AvgIpc) is 2.34. The number of anilines is 1. The summed E-state index contributed by atoms with van der Waals surface area (Å²) in [5.41, 5.74) is 0.432. The molecule has 19 heavy (non-hydrogen) atoms. The minimum Gasteiger partial charge on any atom is -0.495 e. The number of nitrogens with one attached hydrogen (secondary N) is 2. The topological polar surface area (TPSA) is 67.4 Å². The highest BCUT2D eigenvalue weighted by Gasteiger charge is 2.11. The molecule has 5 nitrogen and oxygen atoms in total. The Kier molecular flexibility index (Phi) is 6.41. The molecule has 0 aliphatic rings. The molecule has 1 rings (SSSR count). The van der Waals surface area contributed by atoms with E-state index in [2.05, 4.69) is 10.0 Å². The molecule has 1 aromatic rings. The molecule has 0 aliphatic carbocycles. The molecule has 0 saturated carbocycles. The molecule has 108 valence electrons. The number of halogens is 1. The van der Waals surface area contributed by atoms with Crippen molar-refractivity contribution in [2.24, 2.45) is 0 Å². The summed E-state index contributed by atoms with van der Waals surface area (Å²) in [6.45, 7) is 3.26. The number of rotatable bonds is 8. The molecule has 0 aliphatic heterocycles. The van der Waals surface area contributed by atoms with Crippen LogP contribution < -0.4 is 14.8 Å². The summed E-state index contributed by atoms with van der Waals surface area (Å²) in [5.74, 6) is 0.533. The Labute approximate surface area is 119 Å². The zero-order valence-electron chi connectivity index (χ0n) is 11.1. The van der Waals surface area contributed by atoms with Crippen molar-refractivity contribution in [2.45, 2.75) is 13.3 Å². The van der Waals surface area contributed by atoms with Gasteiger partial charge in [-0.3, -0.25) is 4.72 Å².